The monoisotopic (exact) mass is 281 g/mol. The van der Waals surface area contributed by atoms with Crippen LogP contribution in [0.2, 0.25) is 0 Å². The fourth-order valence-corrected chi connectivity index (χ4v) is 2.09. The highest BCUT2D eigenvalue weighted by atomic mass is 16.5. The molecule has 1 aromatic heterocycles. The standard InChI is InChI=1S/C14H23N3O3/c1-4-17(9-14(2,3)19)12(18)8-7-11-15-13(16-20-11)10-5-6-10/h10,19H,4-9H2,1-3H3. The van der Waals surface area contributed by atoms with Crippen molar-refractivity contribution in [1.29, 1.82) is 0 Å². The van der Waals surface area contributed by atoms with Gasteiger partial charge in [0.1, 0.15) is 0 Å². The van der Waals surface area contributed by atoms with Crippen LogP contribution in [0.1, 0.15) is 57.7 Å². The van der Waals surface area contributed by atoms with E-state index in [1.165, 1.54) is 0 Å². The van der Waals surface area contributed by atoms with Crippen LogP contribution in [0.3, 0.4) is 0 Å². The minimum absolute atomic E-state index is 0.000738. The molecule has 6 heteroatoms. The average molecular weight is 281 g/mol. The van der Waals surface area contributed by atoms with Gasteiger partial charge in [-0.2, -0.15) is 4.98 Å². The highest BCUT2D eigenvalue weighted by molar-refractivity contribution is 5.76. The van der Waals surface area contributed by atoms with Crippen LogP contribution in [0.15, 0.2) is 4.52 Å². The Morgan fingerprint density at radius 1 is 1.50 bits per heavy atom. The number of carbonyl (C=O) groups excluding carboxylic acids is 1. The van der Waals surface area contributed by atoms with Crippen LogP contribution in [0.25, 0.3) is 0 Å². The third-order valence-electron chi connectivity index (χ3n) is 3.29. The van der Waals surface area contributed by atoms with Crippen LogP contribution in [0, 0.1) is 0 Å². The van der Waals surface area contributed by atoms with E-state index in [0.29, 0.717) is 37.7 Å². The lowest BCUT2D eigenvalue weighted by molar-refractivity contribution is -0.134. The highest BCUT2D eigenvalue weighted by Gasteiger charge is 2.29. The Hall–Kier alpha value is -1.43. The molecule has 0 bridgehead atoms. The molecule has 2 rings (SSSR count). The van der Waals surface area contributed by atoms with Crippen LogP contribution in [0.5, 0.6) is 0 Å². The molecular formula is C14H23N3O3. The van der Waals surface area contributed by atoms with Gasteiger partial charge in [-0.1, -0.05) is 5.16 Å². The number of nitrogens with zero attached hydrogens (tertiary/aromatic N) is 3. The van der Waals surface area contributed by atoms with Crippen LogP contribution in [-0.4, -0.2) is 44.7 Å². The van der Waals surface area contributed by atoms with E-state index in [1.807, 2.05) is 6.92 Å². The molecule has 1 aliphatic carbocycles. The molecular weight excluding hydrogens is 258 g/mol. The number of aryl methyl sites for hydroxylation is 1. The van der Waals surface area contributed by atoms with Gasteiger partial charge in [0, 0.05) is 31.8 Å². The molecule has 20 heavy (non-hydrogen) atoms. The number of aliphatic hydroxyl groups is 1. The summed E-state index contributed by atoms with van der Waals surface area (Å²) < 4.78 is 5.15. The number of likely N-dealkylation sites (N-methyl/N-ethyl adjacent to an activating group) is 1. The molecule has 0 spiro atoms. The summed E-state index contributed by atoms with van der Waals surface area (Å²) in [5.41, 5.74) is -0.880. The van der Waals surface area contributed by atoms with Gasteiger partial charge in [-0.05, 0) is 33.6 Å². The maximum atomic E-state index is 12.1. The van der Waals surface area contributed by atoms with E-state index in [9.17, 15) is 9.90 Å². The molecule has 1 aliphatic rings. The van der Waals surface area contributed by atoms with Gasteiger partial charge in [-0.25, -0.2) is 0 Å². The molecule has 0 radical (unpaired) electrons. The summed E-state index contributed by atoms with van der Waals surface area (Å²) in [6.45, 7) is 6.22. The summed E-state index contributed by atoms with van der Waals surface area (Å²) in [5.74, 6) is 1.77. The van der Waals surface area contributed by atoms with E-state index in [4.69, 9.17) is 4.52 Å². The Bertz CT molecular complexity index is 460. The molecule has 1 saturated carbocycles. The smallest absolute Gasteiger partial charge is 0.227 e. The van der Waals surface area contributed by atoms with Gasteiger partial charge in [-0.3, -0.25) is 4.79 Å². The molecule has 0 aliphatic heterocycles. The largest absolute Gasteiger partial charge is 0.389 e. The Morgan fingerprint density at radius 2 is 2.20 bits per heavy atom. The van der Waals surface area contributed by atoms with Crippen LogP contribution in [-0.2, 0) is 11.2 Å². The van der Waals surface area contributed by atoms with Gasteiger partial charge in [0.25, 0.3) is 0 Å². The summed E-state index contributed by atoms with van der Waals surface area (Å²) in [4.78, 5) is 18.1. The topological polar surface area (TPSA) is 79.5 Å². The van der Waals surface area contributed by atoms with Crippen LogP contribution in [0.4, 0.5) is 0 Å². The first-order chi connectivity index (χ1) is 9.39. The first-order valence-corrected chi connectivity index (χ1v) is 7.21. The van der Waals surface area contributed by atoms with Crippen molar-refractivity contribution in [3.05, 3.63) is 11.7 Å². The lowest BCUT2D eigenvalue weighted by atomic mass is 10.1. The Morgan fingerprint density at radius 3 is 2.75 bits per heavy atom. The zero-order valence-electron chi connectivity index (χ0n) is 12.4. The number of carbonyl (C=O) groups is 1. The lowest BCUT2D eigenvalue weighted by Gasteiger charge is -2.28. The van der Waals surface area contributed by atoms with E-state index in [0.717, 1.165) is 18.7 Å². The minimum Gasteiger partial charge on any atom is -0.389 e. The third kappa shape index (κ3) is 4.30. The van der Waals surface area contributed by atoms with Crippen molar-refractivity contribution >= 4 is 5.91 Å². The number of hydrogen-bond acceptors (Lipinski definition) is 5. The molecule has 1 N–H and O–H groups in total. The average Bonchev–Trinajstić information content (AvgIpc) is 3.11. The molecule has 6 nitrogen and oxygen atoms in total. The SMILES string of the molecule is CCN(CC(C)(C)O)C(=O)CCc1nc(C2CC2)no1. The second-order valence-electron chi connectivity index (χ2n) is 6.04. The molecule has 112 valence electrons. The van der Waals surface area contributed by atoms with Crippen molar-refractivity contribution in [2.75, 3.05) is 13.1 Å². The fraction of sp³-hybridized carbons (Fsp3) is 0.786. The second-order valence-corrected chi connectivity index (χ2v) is 6.04. The van der Waals surface area contributed by atoms with Crippen molar-refractivity contribution < 1.29 is 14.4 Å². The van der Waals surface area contributed by atoms with Gasteiger partial charge in [0.05, 0.1) is 5.60 Å². The first kappa shape index (κ1) is 15.0. The Labute approximate surface area is 119 Å². The predicted octanol–water partition coefficient (Wildman–Crippen LogP) is 1.50. The van der Waals surface area contributed by atoms with E-state index < -0.39 is 5.60 Å². The van der Waals surface area contributed by atoms with Crippen molar-refractivity contribution in [2.24, 2.45) is 0 Å². The Balaban J connectivity index is 1.83. The van der Waals surface area contributed by atoms with Crippen molar-refractivity contribution in [2.45, 2.75) is 58.0 Å². The van der Waals surface area contributed by atoms with Crippen molar-refractivity contribution in [3.63, 3.8) is 0 Å². The van der Waals surface area contributed by atoms with E-state index >= 15 is 0 Å². The molecule has 1 amide bonds. The zero-order valence-corrected chi connectivity index (χ0v) is 12.4. The number of hydrogen-bond donors (Lipinski definition) is 1. The van der Waals surface area contributed by atoms with E-state index in [1.54, 1.807) is 18.7 Å². The van der Waals surface area contributed by atoms with Gasteiger partial charge < -0.3 is 14.5 Å². The van der Waals surface area contributed by atoms with Gasteiger partial charge >= 0.3 is 0 Å². The van der Waals surface area contributed by atoms with Gasteiger partial charge in [0.15, 0.2) is 5.82 Å². The zero-order chi connectivity index (χ0) is 14.8. The van der Waals surface area contributed by atoms with Crippen molar-refractivity contribution in [1.82, 2.24) is 15.0 Å². The quantitative estimate of drug-likeness (QED) is 0.819. The number of aromatic nitrogens is 2. The molecule has 1 aromatic rings. The van der Waals surface area contributed by atoms with Gasteiger partial charge in [-0.15, -0.1) is 0 Å². The van der Waals surface area contributed by atoms with Crippen LogP contribution < -0.4 is 0 Å². The van der Waals surface area contributed by atoms with Crippen LogP contribution >= 0.6 is 0 Å². The molecule has 0 unspecified atom stereocenters. The molecule has 0 atom stereocenters. The minimum atomic E-state index is -0.880. The third-order valence-corrected chi connectivity index (χ3v) is 3.29. The summed E-state index contributed by atoms with van der Waals surface area (Å²) in [5, 5.41) is 13.7. The second kappa shape index (κ2) is 5.91. The summed E-state index contributed by atoms with van der Waals surface area (Å²) >= 11 is 0. The number of rotatable bonds is 7. The van der Waals surface area contributed by atoms with E-state index in [2.05, 4.69) is 10.1 Å². The first-order valence-electron chi connectivity index (χ1n) is 7.21. The van der Waals surface area contributed by atoms with E-state index in [-0.39, 0.29) is 5.91 Å². The highest BCUT2D eigenvalue weighted by Crippen LogP contribution is 2.38. The molecule has 1 heterocycles. The Kier molecular flexibility index (Phi) is 4.42. The van der Waals surface area contributed by atoms with Gasteiger partial charge in [0.2, 0.25) is 11.8 Å². The maximum Gasteiger partial charge on any atom is 0.227 e. The summed E-state index contributed by atoms with van der Waals surface area (Å²) in [7, 11) is 0. The number of amides is 1. The summed E-state index contributed by atoms with van der Waals surface area (Å²) in [6.07, 6.45) is 3.05. The normalized spacial score (nSPS) is 15.4. The molecule has 1 fully saturated rings. The maximum absolute atomic E-state index is 12.1. The molecule has 0 saturated heterocycles. The summed E-state index contributed by atoms with van der Waals surface area (Å²) in [6, 6.07) is 0. The predicted molar refractivity (Wildman–Crippen MR) is 73.1 cm³/mol. The lowest BCUT2D eigenvalue weighted by Crippen LogP contribution is -2.42. The van der Waals surface area contributed by atoms with Crippen molar-refractivity contribution in [3.8, 4) is 0 Å². The molecule has 0 aromatic carbocycles. The fourth-order valence-electron chi connectivity index (χ4n) is 2.09.